The molecule has 1 aliphatic heterocycles. The minimum atomic E-state index is 0. The molecule has 8 nitrogen and oxygen atoms in total. The third-order valence-corrected chi connectivity index (χ3v) is 4.52. The van der Waals surface area contributed by atoms with Crippen LogP contribution in [0.3, 0.4) is 0 Å². The van der Waals surface area contributed by atoms with Crippen LogP contribution >= 0.6 is 24.0 Å². The summed E-state index contributed by atoms with van der Waals surface area (Å²) in [6.07, 6.45) is 4.68. The van der Waals surface area contributed by atoms with Crippen LogP contribution in [0.4, 0.5) is 0 Å². The molecule has 144 valence electrons. The fourth-order valence-corrected chi connectivity index (χ4v) is 3.07. The molecule has 0 fully saturated rings. The van der Waals surface area contributed by atoms with E-state index in [1.807, 2.05) is 13.8 Å². The highest BCUT2D eigenvalue weighted by Crippen LogP contribution is 2.15. The van der Waals surface area contributed by atoms with E-state index in [2.05, 4.69) is 42.5 Å². The largest absolute Gasteiger partial charge is 0.361 e. The highest BCUT2D eigenvalue weighted by atomic mass is 127. The molecule has 0 aliphatic carbocycles. The second kappa shape index (κ2) is 9.89. The first-order valence-corrected chi connectivity index (χ1v) is 9.04. The summed E-state index contributed by atoms with van der Waals surface area (Å²) < 4.78 is 7.45. The lowest BCUT2D eigenvalue weighted by Gasteiger charge is -2.12. The van der Waals surface area contributed by atoms with Crippen LogP contribution in [0, 0.1) is 13.8 Å². The summed E-state index contributed by atoms with van der Waals surface area (Å²) in [6, 6.07) is 0. The van der Waals surface area contributed by atoms with Crippen molar-refractivity contribution in [3.8, 4) is 0 Å². The van der Waals surface area contributed by atoms with Crippen molar-refractivity contribution < 1.29 is 4.52 Å². The summed E-state index contributed by atoms with van der Waals surface area (Å²) in [5.41, 5.74) is 1.92. The van der Waals surface area contributed by atoms with Crippen molar-refractivity contribution in [2.45, 2.75) is 66.1 Å². The Kier molecular flexibility index (Phi) is 7.85. The summed E-state index contributed by atoms with van der Waals surface area (Å²) in [5.74, 6) is 3.65. The quantitative estimate of drug-likeness (QED) is 0.394. The van der Waals surface area contributed by atoms with Gasteiger partial charge in [0.1, 0.15) is 11.6 Å². The predicted molar refractivity (Wildman–Crippen MR) is 111 cm³/mol. The molecule has 0 unspecified atom stereocenters. The molecule has 3 rings (SSSR count). The third kappa shape index (κ3) is 4.95. The van der Waals surface area contributed by atoms with Crippen molar-refractivity contribution >= 4 is 29.9 Å². The summed E-state index contributed by atoms with van der Waals surface area (Å²) >= 11 is 0. The molecule has 0 amide bonds. The van der Waals surface area contributed by atoms with Crippen LogP contribution in [-0.2, 0) is 26.1 Å². The average molecular weight is 473 g/mol. The van der Waals surface area contributed by atoms with Gasteiger partial charge in [0.25, 0.3) is 0 Å². The van der Waals surface area contributed by atoms with E-state index < -0.39 is 0 Å². The molecular weight excluding hydrogens is 445 g/mol. The van der Waals surface area contributed by atoms with Crippen molar-refractivity contribution in [2.75, 3.05) is 6.54 Å². The van der Waals surface area contributed by atoms with Gasteiger partial charge in [-0.1, -0.05) is 11.6 Å². The second-order valence-electron chi connectivity index (χ2n) is 6.35. The zero-order chi connectivity index (χ0) is 17.6. The number of aryl methyl sites for hydroxylation is 3. The van der Waals surface area contributed by atoms with Gasteiger partial charge >= 0.3 is 0 Å². The van der Waals surface area contributed by atoms with Gasteiger partial charge in [-0.15, -0.1) is 34.2 Å². The van der Waals surface area contributed by atoms with Crippen molar-refractivity contribution in [3.63, 3.8) is 0 Å². The second-order valence-corrected chi connectivity index (χ2v) is 6.35. The number of nitrogens with zero attached hydrogens (tertiary/aromatic N) is 5. The fourth-order valence-electron chi connectivity index (χ4n) is 3.07. The molecular formula is C17H28IN7O. The first-order chi connectivity index (χ1) is 12.2. The molecule has 9 heteroatoms. The number of fused-ring (bicyclic) bond motifs is 1. The van der Waals surface area contributed by atoms with Gasteiger partial charge < -0.3 is 19.7 Å². The topological polar surface area (TPSA) is 93.2 Å². The average Bonchev–Trinajstić information content (AvgIpc) is 3.04. The summed E-state index contributed by atoms with van der Waals surface area (Å²) in [6.45, 7) is 8.85. The van der Waals surface area contributed by atoms with Crippen molar-refractivity contribution in [2.24, 2.45) is 4.99 Å². The zero-order valence-corrected chi connectivity index (χ0v) is 18.0. The van der Waals surface area contributed by atoms with Gasteiger partial charge in [-0.05, 0) is 33.6 Å². The number of hydrogen-bond acceptors (Lipinski definition) is 5. The van der Waals surface area contributed by atoms with E-state index in [1.165, 1.54) is 19.3 Å². The molecule has 0 radical (unpaired) electrons. The number of rotatable bonds is 5. The SMILES string of the molecule is CCNC(=NCc1c(C)noc1C)NCc1nnc2n1CCCCC2.I. The lowest BCUT2D eigenvalue weighted by atomic mass is 10.2. The van der Waals surface area contributed by atoms with E-state index in [-0.39, 0.29) is 24.0 Å². The summed E-state index contributed by atoms with van der Waals surface area (Å²) in [7, 11) is 0. The Hall–Kier alpha value is -1.65. The molecule has 0 spiro atoms. The lowest BCUT2D eigenvalue weighted by molar-refractivity contribution is 0.392. The predicted octanol–water partition coefficient (Wildman–Crippen LogP) is 2.48. The normalized spacial score (nSPS) is 14.3. The summed E-state index contributed by atoms with van der Waals surface area (Å²) in [5, 5.41) is 19.3. The van der Waals surface area contributed by atoms with E-state index >= 15 is 0 Å². The Morgan fingerprint density at radius 2 is 2.04 bits per heavy atom. The zero-order valence-electron chi connectivity index (χ0n) is 15.7. The van der Waals surface area contributed by atoms with Crippen LogP contribution in [0.5, 0.6) is 0 Å². The molecule has 1 aliphatic rings. The Morgan fingerprint density at radius 1 is 1.19 bits per heavy atom. The Bertz CT molecular complexity index is 718. The van der Waals surface area contributed by atoms with Crippen LogP contribution in [0.1, 0.15) is 54.9 Å². The van der Waals surface area contributed by atoms with Gasteiger partial charge in [-0.25, -0.2) is 4.99 Å². The number of aliphatic imine (C=N–C) groups is 1. The number of guanidine groups is 1. The molecule has 2 aromatic heterocycles. The maximum Gasteiger partial charge on any atom is 0.191 e. The Morgan fingerprint density at radius 3 is 2.77 bits per heavy atom. The number of nitrogens with one attached hydrogen (secondary N) is 2. The first kappa shape index (κ1) is 20.7. The van der Waals surface area contributed by atoms with Gasteiger partial charge in [-0.2, -0.15) is 0 Å². The van der Waals surface area contributed by atoms with Gasteiger partial charge in [0, 0.05) is 25.1 Å². The van der Waals surface area contributed by atoms with Crippen LogP contribution in [0.15, 0.2) is 9.52 Å². The van der Waals surface area contributed by atoms with Gasteiger partial charge in [0.2, 0.25) is 0 Å². The van der Waals surface area contributed by atoms with Gasteiger partial charge in [-0.3, -0.25) is 0 Å². The van der Waals surface area contributed by atoms with E-state index in [9.17, 15) is 0 Å². The molecule has 26 heavy (non-hydrogen) atoms. The van der Waals surface area contributed by atoms with Gasteiger partial charge in [0.05, 0.1) is 18.8 Å². The van der Waals surface area contributed by atoms with E-state index in [0.29, 0.717) is 13.1 Å². The van der Waals surface area contributed by atoms with E-state index in [0.717, 1.165) is 54.1 Å². The lowest BCUT2D eigenvalue weighted by Crippen LogP contribution is -2.37. The summed E-state index contributed by atoms with van der Waals surface area (Å²) in [4.78, 5) is 4.64. The minimum absolute atomic E-state index is 0. The van der Waals surface area contributed by atoms with Crippen LogP contribution in [0.2, 0.25) is 0 Å². The molecule has 2 aromatic rings. The van der Waals surface area contributed by atoms with Crippen molar-refractivity contribution in [1.82, 2.24) is 30.6 Å². The first-order valence-electron chi connectivity index (χ1n) is 9.04. The molecule has 0 saturated carbocycles. The van der Waals surface area contributed by atoms with Crippen LogP contribution in [0.25, 0.3) is 0 Å². The maximum absolute atomic E-state index is 5.20. The van der Waals surface area contributed by atoms with Crippen molar-refractivity contribution in [3.05, 3.63) is 28.7 Å². The molecule has 0 bridgehead atoms. The third-order valence-electron chi connectivity index (χ3n) is 4.52. The smallest absolute Gasteiger partial charge is 0.191 e. The fraction of sp³-hybridized carbons (Fsp3) is 0.647. The number of aromatic nitrogens is 4. The molecule has 0 saturated heterocycles. The molecule has 0 atom stereocenters. The van der Waals surface area contributed by atoms with E-state index in [4.69, 9.17) is 4.52 Å². The van der Waals surface area contributed by atoms with Crippen LogP contribution < -0.4 is 10.6 Å². The monoisotopic (exact) mass is 473 g/mol. The van der Waals surface area contributed by atoms with E-state index in [1.54, 1.807) is 0 Å². The maximum atomic E-state index is 5.20. The standard InChI is InChI=1S/C17H27N7O.HI/c1-4-18-17(19-10-14-12(2)23-25-13(14)3)20-11-16-22-21-15-8-6-5-7-9-24(15)16;/h4-11H2,1-3H3,(H2,18,19,20);1H. The minimum Gasteiger partial charge on any atom is -0.361 e. The Balaban J connectivity index is 0.00000243. The number of halogens is 1. The van der Waals surface area contributed by atoms with Gasteiger partial charge in [0.15, 0.2) is 11.8 Å². The highest BCUT2D eigenvalue weighted by molar-refractivity contribution is 14.0. The molecule has 3 heterocycles. The van der Waals surface area contributed by atoms with Crippen LogP contribution in [-0.4, -0.2) is 32.4 Å². The Labute approximate surface area is 171 Å². The number of hydrogen-bond donors (Lipinski definition) is 2. The molecule has 2 N–H and O–H groups in total. The highest BCUT2D eigenvalue weighted by Gasteiger charge is 2.15. The van der Waals surface area contributed by atoms with Crippen molar-refractivity contribution in [1.29, 1.82) is 0 Å². The molecule has 0 aromatic carbocycles.